The van der Waals surface area contributed by atoms with Crippen LogP contribution in [0.5, 0.6) is 0 Å². The topological polar surface area (TPSA) is 110 Å². The lowest BCUT2D eigenvalue weighted by molar-refractivity contribution is -0.121. The number of para-hydroxylation sites is 1. The first-order chi connectivity index (χ1) is 8.94. The normalized spacial score (nSPS) is 22.2. The summed E-state index contributed by atoms with van der Waals surface area (Å²) in [5.74, 6) is -0.767. The molecule has 0 aliphatic carbocycles. The van der Waals surface area contributed by atoms with Gasteiger partial charge in [-0.25, -0.2) is 0 Å². The molecular formula is C13H18N4O2. The number of benzene rings is 1. The quantitative estimate of drug-likeness (QED) is 0.593. The molecule has 1 heterocycles. The molecule has 1 aliphatic rings. The summed E-state index contributed by atoms with van der Waals surface area (Å²) < 4.78 is 0. The third kappa shape index (κ3) is 2.53. The molecule has 1 atom stereocenters. The van der Waals surface area contributed by atoms with Gasteiger partial charge in [-0.05, 0) is 38.4 Å². The van der Waals surface area contributed by atoms with Crippen molar-refractivity contribution >= 4 is 23.2 Å². The average molecular weight is 262 g/mol. The first-order valence-corrected chi connectivity index (χ1v) is 6.19. The number of nitrogens with two attached hydrogens (primary N) is 2. The Labute approximate surface area is 111 Å². The van der Waals surface area contributed by atoms with Crippen molar-refractivity contribution in [1.82, 2.24) is 5.32 Å². The minimum Gasteiger partial charge on any atom is -0.396 e. The fourth-order valence-electron chi connectivity index (χ4n) is 2.24. The zero-order valence-electron chi connectivity index (χ0n) is 10.8. The molecule has 102 valence electrons. The van der Waals surface area contributed by atoms with E-state index in [2.05, 4.69) is 10.6 Å². The number of carbonyl (C=O) groups is 2. The van der Waals surface area contributed by atoms with Crippen LogP contribution in [0.3, 0.4) is 0 Å². The maximum absolute atomic E-state index is 12.2. The lowest BCUT2D eigenvalue weighted by Crippen LogP contribution is -2.48. The van der Waals surface area contributed by atoms with Gasteiger partial charge in [0.2, 0.25) is 5.91 Å². The fourth-order valence-corrected chi connectivity index (χ4v) is 2.24. The molecule has 1 aliphatic heterocycles. The van der Waals surface area contributed by atoms with E-state index < -0.39 is 11.4 Å². The molecule has 1 aromatic rings. The van der Waals surface area contributed by atoms with Gasteiger partial charge in [-0.15, -0.1) is 0 Å². The van der Waals surface area contributed by atoms with Crippen LogP contribution in [0.1, 0.15) is 30.1 Å². The highest BCUT2D eigenvalue weighted by Crippen LogP contribution is 2.25. The van der Waals surface area contributed by atoms with E-state index in [1.807, 2.05) is 6.92 Å². The van der Waals surface area contributed by atoms with E-state index in [1.165, 1.54) is 6.07 Å². The Morgan fingerprint density at radius 1 is 1.42 bits per heavy atom. The molecule has 0 aromatic heterocycles. The van der Waals surface area contributed by atoms with Gasteiger partial charge in [-0.1, -0.05) is 6.07 Å². The highest BCUT2D eigenvalue weighted by molar-refractivity contribution is 6.05. The zero-order chi connectivity index (χ0) is 14.0. The first-order valence-electron chi connectivity index (χ1n) is 6.19. The number of nitrogen functional groups attached to an aromatic ring is 1. The van der Waals surface area contributed by atoms with Gasteiger partial charge < -0.3 is 22.1 Å². The van der Waals surface area contributed by atoms with Crippen molar-refractivity contribution in [2.45, 2.75) is 25.3 Å². The van der Waals surface area contributed by atoms with Crippen LogP contribution in [-0.2, 0) is 4.79 Å². The molecular weight excluding hydrogens is 244 g/mol. The Balaban J connectivity index is 2.22. The number of carbonyl (C=O) groups excluding carboxylic acids is 2. The molecule has 0 saturated carbocycles. The second kappa shape index (κ2) is 4.89. The van der Waals surface area contributed by atoms with E-state index in [9.17, 15) is 9.59 Å². The molecule has 2 amide bonds. The summed E-state index contributed by atoms with van der Waals surface area (Å²) in [6, 6.07) is 4.82. The second-order valence-corrected chi connectivity index (χ2v) is 4.95. The Hall–Kier alpha value is -2.08. The molecule has 6 heteroatoms. The summed E-state index contributed by atoms with van der Waals surface area (Å²) in [5.41, 5.74) is 11.3. The molecule has 0 radical (unpaired) electrons. The summed E-state index contributed by atoms with van der Waals surface area (Å²) in [7, 11) is 0. The van der Waals surface area contributed by atoms with Crippen molar-refractivity contribution in [1.29, 1.82) is 0 Å². The van der Waals surface area contributed by atoms with Crippen LogP contribution in [0.4, 0.5) is 11.4 Å². The summed E-state index contributed by atoms with van der Waals surface area (Å²) in [6.07, 6.45) is 1.73. The molecule has 1 fully saturated rings. The SMILES string of the molecule is C[C@]1(C(=O)Nc2cccc(C(N)=O)c2N)CCCN1. The van der Waals surface area contributed by atoms with Crippen molar-refractivity contribution in [3.05, 3.63) is 23.8 Å². The minimum atomic E-state index is -0.612. The maximum atomic E-state index is 12.2. The van der Waals surface area contributed by atoms with Gasteiger partial charge >= 0.3 is 0 Å². The number of anilines is 2. The van der Waals surface area contributed by atoms with Gasteiger partial charge in [0, 0.05) is 0 Å². The smallest absolute Gasteiger partial charge is 0.250 e. The molecule has 1 saturated heterocycles. The van der Waals surface area contributed by atoms with Crippen LogP contribution in [-0.4, -0.2) is 23.9 Å². The van der Waals surface area contributed by atoms with Gasteiger partial charge in [-0.2, -0.15) is 0 Å². The van der Waals surface area contributed by atoms with Crippen LogP contribution in [0.2, 0.25) is 0 Å². The van der Waals surface area contributed by atoms with Crippen molar-refractivity contribution in [3.63, 3.8) is 0 Å². The predicted octanol–water partition coefficient (Wildman–Crippen LogP) is 0.448. The molecule has 0 spiro atoms. The molecule has 6 N–H and O–H groups in total. The van der Waals surface area contributed by atoms with E-state index >= 15 is 0 Å². The number of primary amides is 1. The lowest BCUT2D eigenvalue weighted by atomic mass is 9.99. The van der Waals surface area contributed by atoms with Crippen LogP contribution in [0.25, 0.3) is 0 Å². The fraction of sp³-hybridized carbons (Fsp3) is 0.385. The van der Waals surface area contributed by atoms with Crippen LogP contribution in [0.15, 0.2) is 18.2 Å². The van der Waals surface area contributed by atoms with E-state index in [0.29, 0.717) is 5.69 Å². The molecule has 6 nitrogen and oxygen atoms in total. The van der Waals surface area contributed by atoms with E-state index in [-0.39, 0.29) is 17.2 Å². The van der Waals surface area contributed by atoms with Crippen LogP contribution >= 0.6 is 0 Å². The highest BCUT2D eigenvalue weighted by Gasteiger charge is 2.36. The third-order valence-electron chi connectivity index (χ3n) is 3.49. The lowest BCUT2D eigenvalue weighted by Gasteiger charge is -2.23. The van der Waals surface area contributed by atoms with Gasteiger partial charge in [0.25, 0.3) is 5.91 Å². The van der Waals surface area contributed by atoms with E-state index in [0.717, 1.165) is 19.4 Å². The average Bonchev–Trinajstić information content (AvgIpc) is 2.80. The van der Waals surface area contributed by atoms with Gasteiger partial charge in [-0.3, -0.25) is 9.59 Å². The van der Waals surface area contributed by atoms with Gasteiger partial charge in [0.1, 0.15) is 0 Å². The summed E-state index contributed by atoms with van der Waals surface area (Å²) in [6.45, 7) is 2.67. The molecule has 0 bridgehead atoms. The minimum absolute atomic E-state index is 0.154. The van der Waals surface area contributed by atoms with Gasteiger partial charge in [0.15, 0.2) is 0 Å². The van der Waals surface area contributed by atoms with Crippen LogP contribution in [0, 0.1) is 0 Å². The monoisotopic (exact) mass is 262 g/mol. The molecule has 2 rings (SSSR count). The number of amides is 2. The second-order valence-electron chi connectivity index (χ2n) is 4.95. The molecule has 19 heavy (non-hydrogen) atoms. The Morgan fingerprint density at radius 3 is 2.74 bits per heavy atom. The maximum Gasteiger partial charge on any atom is 0.250 e. The number of rotatable bonds is 3. The van der Waals surface area contributed by atoms with Crippen molar-refractivity contribution in [2.24, 2.45) is 5.73 Å². The molecule has 0 unspecified atom stereocenters. The van der Waals surface area contributed by atoms with Crippen molar-refractivity contribution in [3.8, 4) is 0 Å². The standard InChI is InChI=1S/C13H18N4O2/c1-13(6-3-7-16-13)12(19)17-9-5-2-4-8(10(9)14)11(15)18/h2,4-5,16H,3,6-7,14H2,1H3,(H2,15,18)(H,17,19)/t13-/m1/s1. The van der Waals surface area contributed by atoms with Gasteiger partial charge in [0.05, 0.1) is 22.5 Å². The summed E-state index contributed by atoms with van der Waals surface area (Å²) in [4.78, 5) is 23.4. The largest absolute Gasteiger partial charge is 0.396 e. The summed E-state index contributed by atoms with van der Waals surface area (Å²) in [5, 5.41) is 5.92. The number of hydrogen-bond donors (Lipinski definition) is 4. The highest BCUT2D eigenvalue weighted by atomic mass is 16.2. The number of hydrogen-bond acceptors (Lipinski definition) is 4. The Morgan fingerprint density at radius 2 is 2.16 bits per heavy atom. The van der Waals surface area contributed by atoms with E-state index in [1.54, 1.807) is 12.1 Å². The van der Waals surface area contributed by atoms with Crippen LogP contribution < -0.4 is 22.1 Å². The summed E-state index contributed by atoms with van der Waals surface area (Å²) >= 11 is 0. The number of nitrogens with one attached hydrogen (secondary N) is 2. The zero-order valence-corrected chi connectivity index (χ0v) is 10.8. The Kier molecular flexibility index (Phi) is 3.44. The third-order valence-corrected chi connectivity index (χ3v) is 3.49. The van der Waals surface area contributed by atoms with Crippen molar-refractivity contribution in [2.75, 3.05) is 17.6 Å². The predicted molar refractivity (Wildman–Crippen MR) is 73.6 cm³/mol. The Bertz CT molecular complexity index is 521. The first kappa shape index (κ1) is 13.4. The molecule has 1 aromatic carbocycles. The van der Waals surface area contributed by atoms with Crippen molar-refractivity contribution < 1.29 is 9.59 Å². The van der Waals surface area contributed by atoms with E-state index in [4.69, 9.17) is 11.5 Å².